The van der Waals surface area contributed by atoms with Gasteiger partial charge < -0.3 is 10.1 Å². The van der Waals surface area contributed by atoms with Crippen molar-refractivity contribution in [1.29, 1.82) is 0 Å². The molecular weight excluding hydrogens is 312 g/mol. The molecule has 0 spiro atoms. The van der Waals surface area contributed by atoms with Gasteiger partial charge in [-0.2, -0.15) is 0 Å². The number of carbonyl (C=O) groups excluding carboxylic acids is 1. The van der Waals surface area contributed by atoms with Crippen molar-refractivity contribution in [2.24, 2.45) is 5.92 Å². The molecule has 4 nitrogen and oxygen atoms in total. The molecule has 0 unspecified atom stereocenters. The first kappa shape index (κ1) is 18.2. The van der Waals surface area contributed by atoms with Crippen LogP contribution >= 0.6 is 11.6 Å². The number of hydrogen-bond donors (Lipinski definition) is 1. The number of rotatable bonds is 8. The highest BCUT2D eigenvalue weighted by Crippen LogP contribution is 2.20. The standard InChI is InChI=1S/C18H27ClN2O2/c1-2-23-12-4-9-20-18(22)16-7-10-21(11-8-16)14-15-5-3-6-17(19)13-15/h3,5-6,13,16H,2,4,7-12,14H2,1H3,(H,20,22). The molecule has 0 radical (unpaired) electrons. The maximum atomic E-state index is 12.2. The SMILES string of the molecule is CCOCCCNC(=O)C1CCN(Cc2cccc(Cl)c2)CC1. The van der Waals surface area contributed by atoms with Crippen LogP contribution in [-0.4, -0.2) is 43.7 Å². The van der Waals surface area contributed by atoms with E-state index in [0.717, 1.165) is 57.1 Å². The van der Waals surface area contributed by atoms with Gasteiger partial charge in [0.05, 0.1) is 0 Å². The Kier molecular flexibility index (Phi) is 7.86. The number of amides is 1. The average Bonchev–Trinajstić information content (AvgIpc) is 2.55. The van der Waals surface area contributed by atoms with Crippen LogP contribution in [0.1, 0.15) is 31.7 Å². The topological polar surface area (TPSA) is 41.6 Å². The number of piperidine rings is 1. The molecule has 1 heterocycles. The Hall–Kier alpha value is -1.10. The zero-order chi connectivity index (χ0) is 16.5. The lowest BCUT2D eigenvalue weighted by atomic mass is 9.95. The minimum Gasteiger partial charge on any atom is -0.382 e. The second-order valence-electron chi connectivity index (χ2n) is 6.02. The van der Waals surface area contributed by atoms with E-state index in [2.05, 4.69) is 16.3 Å². The lowest BCUT2D eigenvalue weighted by molar-refractivity contribution is -0.126. The number of nitrogens with one attached hydrogen (secondary N) is 1. The number of likely N-dealkylation sites (tertiary alicyclic amines) is 1. The number of halogens is 1. The molecule has 1 aliphatic heterocycles. The zero-order valence-electron chi connectivity index (χ0n) is 13.9. The van der Waals surface area contributed by atoms with E-state index in [1.807, 2.05) is 25.1 Å². The largest absolute Gasteiger partial charge is 0.382 e. The summed E-state index contributed by atoms with van der Waals surface area (Å²) in [6.45, 7) is 6.97. The van der Waals surface area contributed by atoms with Crippen molar-refractivity contribution in [2.45, 2.75) is 32.7 Å². The Balaban J connectivity index is 1.66. The molecule has 0 atom stereocenters. The number of benzene rings is 1. The second-order valence-corrected chi connectivity index (χ2v) is 6.46. The highest BCUT2D eigenvalue weighted by atomic mass is 35.5. The Morgan fingerprint density at radius 2 is 2.17 bits per heavy atom. The van der Waals surface area contributed by atoms with Crippen molar-refractivity contribution in [1.82, 2.24) is 10.2 Å². The van der Waals surface area contributed by atoms with Gasteiger partial charge in [-0.25, -0.2) is 0 Å². The average molecular weight is 339 g/mol. The molecule has 23 heavy (non-hydrogen) atoms. The predicted molar refractivity (Wildman–Crippen MR) is 93.6 cm³/mol. The first-order chi connectivity index (χ1) is 11.2. The monoisotopic (exact) mass is 338 g/mol. The third-order valence-corrected chi connectivity index (χ3v) is 4.46. The van der Waals surface area contributed by atoms with Crippen molar-refractivity contribution in [3.8, 4) is 0 Å². The van der Waals surface area contributed by atoms with Crippen LogP contribution in [0.5, 0.6) is 0 Å². The van der Waals surface area contributed by atoms with Crippen LogP contribution in [-0.2, 0) is 16.1 Å². The van der Waals surface area contributed by atoms with E-state index in [1.54, 1.807) is 0 Å². The number of carbonyl (C=O) groups is 1. The van der Waals surface area contributed by atoms with Crippen molar-refractivity contribution >= 4 is 17.5 Å². The molecule has 1 aromatic carbocycles. The molecule has 0 aliphatic carbocycles. The van der Waals surface area contributed by atoms with Crippen molar-refractivity contribution in [2.75, 3.05) is 32.8 Å². The van der Waals surface area contributed by atoms with Gasteiger partial charge >= 0.3 is 0 Å². The van der Waals surface area contributed by atoms with Crippen LogP contribution in [0.15, 0.2) is 24.3 Å². The Morgan fingerprint density at radius 3 is 2.87 bits per heavy atom. The maximum absolute atomic E-state index is 12.2. The second kappa shape index (κ2) is 9.91. The summed E-state index contributed by atoms with van der Waals surface area (Å²) < 4.78 is 5.27. The lowest BCUT2D eigenvalue weighted by Gasteiger charge is -2.31. The van der Waals surface area contributed by atoms with E-state index in [1.165, 1.54) is 5.56 Å². The molecule has 1 amide bonds. The van der Waals surface area contributed by atoms with E-state index >= 15 is 0 Å². The molecular formula is C18H27ClN2O2. The molecule has 0 aromatic heterocycles. The number of nitrogens with zero attached hydrogens (tertiary/aromatic N) is 1. The van der Waals surface area contributed by atoms with Crippen LogP contribution in [0, 0.1) is 5.92 Å². The first-order valence-electron chi connectivity index (χ1n) is 8.51. The van der Waals surface area contributed by atoms with Gasteiger partial charge in [0.2, 0.25) is 5.91 Å². The van der Waals surface area contributed by atoms with Gasteiger partial charge in [0.1, 0.15) is 0 Å². The van der Waals surface area contributed by atoms with Gasteiger partial charge in [0.25, 0.3) is 0 Å². The van der Waals surface area contributed by atoms with Crippen molar-refractivity contribution in [3.05, 3.63) is 34.9 Å². The Labute approximate surface area is 144 Å². The van der Waals surface area contributed by atoms with Crippen LogP contribution in [0.2, 0.25) is 5.02 Å². The van der Waals surface area contributed by atoms with Crippen LogP contribution in [0.3, 0.4) is 0 Å². The number of hydrogen-bond acceptors (Lipinski definition) is 3. The van der Waals surface area contributed by atoms with E-state index in [-0.39, 0.29) is 11.8 Å². The van der Waals surface area contributed by atoms with Crippen LogP contribution in [0.25, 0.3) is 0 Å². The van der Waals surface area contributed by atoms with Gasteiger partial charge in [0.15, 0.2) is 0 Å². The molecule has 128 valence electrons. The summed E-state index contributed by atoms with van der Waals surface area (Å²) in [4.78, 5) is 14.5. The smallest absolute Gasteiger partial charge is 0.223 e. The van der Waals surface area contributed by atoms with Gasteiger partial charge in [-0.05, 0) is 57.0 Å². The normalized spacial score (nSPS) is 16.4. The van der Waals surface area contributed by atoms with E-state index in [0.29, 0.717) is 6.54 Å². The molecule has 0 bridgehead atoms. The Morgan fingerprint density at radius 1 is 1.39 bits per heavy atom. The van der Waals surface area contributed by atoms with E-state index in [9.17, 15) is 4.79 Å². The highest BCUT2D eigenvalue weighted by molar-refractivity contribution is 6.30. The summed E-state index contributed by atoms with van der Waals surface area (Å²) in [6, 6.07) is 8.00. The van der Waals surface area contributed by atoms with Gasteiger partial charge in [-0.3, -0.25) is 9.69 Å². The summed E-state index contributed by atoms with van der Waals surface area (Å²) in [5.74, 6) is 0.349. The molecule has 1 fully saturated rings. The Bertz CT molecular complexity index is 488. The fourth-order valence-electron chi connectivity index (χ4n) is 2.92. The van der Waals surface area contributed by atoms with Crippen LogP contribution < -0.4 is 5.32 Å². The minimum absolute atomic E-state index is 0.151. The van der Waals surface area contributed by atoms with E-state index in [4.69, 9.17) is 16.3 Å². The van der Waals surface area contributed by atoms with Gasteiger partial charge in [-0.15, -0.1) is 0 Å². The van der Waals surface area contributed by atoms with Gasteiger partial charge in [-0.1, -0.05) is 23.7 Å². The minimum atomic E-state index is 0.151. The summed E-state index contributed by atoms with van der Waals surface area (Å²) >= 11 is 6.03. The van der Waals surface area contributed by atoms with E-state index < -0.39 is 0 Å². The molecule has 1 aliphatic rings. The van der Waals surface area contributed by atoms with Crippen molar-refractivity contribution in [3.63, 3.8) is 0 Å². The fraction of sp³-hybridized carbons (Fsp3) is 0.611. The third-order valence-electron chi connectivity index (χ3n) is 4.22. The summed E-state index contributed by atoms with van der Waals surface area (Å²) in [5.41, 5.74) is 1.23. The zero-order valence-corrected chi connectivity index (χ0v) is 14.6. The summed E-state index contributed by atoms with van der Waals surface area (Å²) in [5, 5.41) is 3.81. The molecule has 1 aromatic rings. The fourth-order valence-corrected chi connectivity index (χ4v) is 3.13. The molecule has 5 heteroatoms. The summed E-state index contributed by atoms with van der Waals surface area (Å²) in [6.07, 6.45) is 2.74. The van der Waals surface area contributed by atoms with Gasteiger partial charge in [0, 0.05) is 37.2 Å². The third kappa shape index (κ3) is 6.50. The quantitative estimate of drug-likeness (QED) is 0.741. The predicted octanol–water partition coefficient (Wildman–Crippen LogP) is 3.09. The lowest BCUT2D eigenvalue weighted by Crippen LogP contribution is -2.40. The molecule has 0 saturated carbocycles. The van der Waals surface area contributed by atoms with Crippen molar-refractivity contribution < 1.29 is 9.53 Å². The maximum Gasteiger partial charge on any atom is 0.223 e. The first-order valence-corrected chi connectivity index (χ1v) is 8.89. The summed E-state index contributed by atoms with van der Waals surface area (Å²) in [7, 11) is 0. The highest BCUT2D eigenvalue weighted by Gasteiger charge is 2.24. The van der Waals surface area contributed by atoms with Crippen LogP contribution in [0.4, 0.5) is 0 Å². The molecule has 2 rings (SSSR count). The number of ether oxygens (including phenoxy) is 1. The molecule has 1 saturated heterocycles. The molecule has 1 N–H and O–H groups in total.